The third-order valence-electron chi connectivity index (χ3n) is 3.16. The molecule has 1 aromatic rings. The van der Waals surface area contributed by atoms with Gasteiger partial charge in [0.1, 0.15) is 0 Å². The molecule has 1 atom stereocenters. The molecule has 110 valence electrons. The van der Waals surface area contributed by atoms with Gasteiger partial charge in [-0.25, -0.2) is 8.42 Å². The Bertz CT molecular complexity index is 591. The molecule has 6 heteroatoms. The summed E-state index contributed by atoms with van der Waals surface area (Å²) in [5.41, 5.74) is 7.17. The zero-order valence-electron chi connectivity index (χ0n) is 12.1. The Morgan fingerprint density at radius 1 is 1.35 bits per heavy atom. The van der Waals surface area contributed by atoms with E-state index in [1.165, 1.54) is 4.31 Å². The van der Waals surface area contributed by atoms with Gasteiger partial charge in [0.25, 0.3) is 0 Å². The average Bonchev–Trinajstić information content (AvgIpc) is 2.38. The van der Waals surface area contributed by atoms with E-state index in [2.05, 4.69) is 0 Å². The Balaban J connectivity index is 3.14. The van der Waals surface area contributed by atoms with Crippen LogP contribution in [-0.4, -0.2) is 24.0 Å². The van der Waals surface area contributed by atoms with Crippen LogP contribution in [0, 0.1) is 11.3 Å². The Labute approximate surface area is 121 Å². The number of rotatable bonds is 6. The SMILES string of the molecule is CCC(C#N)S(=O)(=O)N(Cc1ccccc1N)C(C)C. The maximum absolute atomic E-state index is 12.5. The van der Waals surface area contributed by atoms with Crippen molar-refractivity contribution in [2.75, 3.05) is 5.73 Å². The van der Waals surface area contributed by atoms with E-state index in [4.69, 9.17) is 11.0 Å². The van der Waals surface area contributed by atoms with Crippen molar-refractivity contribution in [3.05, 3.63) is 29.8 Å². The lowest BCUT2D eigenvalue weighted by Gasteiger charge is -2.28. The predicted molar refractivity (Wildman–Crippen MR) is 80.1 cm³/mol. The van der Waals surface area contributed by atoms with Gasteiger partial charge in [-0.3, -0.25) is 0 Å². The van der Waals surface area contributed by atoms with Crippen LogP contribution in [0.5, 0.6) is 0 Å². The summed E-state index contributed by atoms with van der Waals surface area (Å²) in [6.07, 6.45) is 0.270. The lowest BCUT2D eigenvalue weighted by Crippen LogP contribution is -2.41. The third-order valence-corrected chi connectivity index (χ3v) is 5.52. The second-order valence-corrected chi connectivity index (χ2v) is 6.98. The smallest absolute Gasteiger partial charge is 0.231 e. The van der Waals surface area contributed by atoms with Crippen molar-refractivity contribution in [2.45, 2.75) is 45.0 Å². The highest BCUT2D eigenvalue weighted by molar-refractivity contribution is 7.90. The number of hydrogen-bond acceptors (Lipinski definition) is 4. The molecule has 2 N–H and O–H groups in total. The quantitative estimate of drug-likeness (QED) is 0.814. The van der Waals surface area contributed by atoms with Crippen LogP contribution in [0.1, 0.15) is 32.8 Å². The summed E-state index contributed by atoms with van der Waals surface area (Å²) in [6.45, 7) is 5.47. The molecule has 5 nitrogen and oxygen atoms in total. The van der Waals surface area contributed by atoms with E-state index in [0.29, 0.717) is 5.69 Å². The Hall–Kier alpha value is -1.58. The van der Waals surface area contributed by atoms with Crippen LogP contribution < -0.4 is 5.73 Å². The molecule has 0 saturated heterocycles. The number of benzene rings is 1. The van der Waals surface area contributed by atoms with Gasteiger partial charge in [0, 0.05) is 18.3 Å². The van der Waals surface area contributed by atoms with Crippen molar-refractivity contribution in [3.8, 4) is 6.07 Å². The molecule has 0 fully saturated rings. The first-order valence-electron chi connectivity index (χ1n) is 6.58. The number of para-hydroxylation sites is 1. The topological polar surface area (TPSA) is 87.2 Å². The van der Waals surface area contributed by atoms with Crippen molar-refractivity contribution < 1.29 is 8.42 Å². The van der Waals surface area contributed by atoms with Crippen molar-refractivity contribution in [1.82, 2.24) is 4.31 Å². The average molecular weight is 295 g/mol. The van der Waals surface area contributed by atoms with Gasteiger partial charge in [0.05, 0.1) is 6.07 Å². The molecule has 1 unspecified atom stereocenters. The molecular weight excluding hydrogens is 274 g/mol. The molecule has 0 aromatic heterocycles. The molecule has 0 spiro atoms. The third kappa shape index (κ3) is 3.50. The summed E-state index contributed by atoms with van der Waals surface area (Å²) in [5, 5.41) is 8.01. The molecule has 1 rings (SSSR count). The monoisotopic (exact) mass is 295 g/mol. The first-order valence-corrected chi connectivity index (χ1v) is 8.08. The van der Waals surface area contributed by atoms with Crippen LogP contribution in [0.25, 0.3) is 0 Å². The van der Waals surface area contributed by atoms with Crippen LogP contribution in [0.2, 0.25) is 0 Å². The van der Waals surface area contributed by atoms with Crippen molar-refractivity contribution in [3.63, 3.8) is 0 Å². The highest BCUT2D eigenvalue weighted by Crippen LogP contribution is 2.21. The Morgan fingerprint density at radius 3 is 2.40 bits per heavy atom. The molecule has 20 heavy (non-hydrogen) atoms. The highest BCUT2D eigenvalue weighted by atomic mass is 32.2. The van der Waals surface area contributed by atoms with E-state index in [1.54, 1.807) is 39.0 Å². The molecule has 0 amide bonds. The van der Waals surface area contributed by atoms with Crippen LogP contribution in [0.15, 0.2) is 24.3 Å². The summed E-state index contributed by atoms with van der Waals surface area (Å²) in [5.74, 6) is 0. The fourth-order valence-corrected chi connectivity index (χ4v) is 3.73. The van der Waals surface area contributed by atoms with Gasteiger partial charge in [0.2, 0.25) is 10.0 Å². The van der Waals surface area contributed by atoms with E-state index < -0.39 is 15.3 Å². The normalized spacial score (nSPS) is 13.4. The molecule has 0 aliphatic heterocycles. The summed E-state index contributed by atoms with van der Waals surface area (Å²) in [4.78, 5) is 0. The molecule has 0 aliphatic rings. The van der Waals surface area contributed by atoms with E-state index in [1.807, 2.05) is 12.1 Å². The second-order valence-electron chi connectivity index (χ2n) is 4.91. The summed E-state index contributed by atoms with van der Waals surface area (Å²) >= 11 is 0. The summed E-state index contributed by atoms with van der Waals surface area (Å²) in [7, 11) is -3.66. The molecule has 0 aliphatic carbocycles. The largest absolute Gasteiger partial charge is 0.398 e. The van der Waals surface area contributed by atoms with Crippen molar-refractivity contribution >= 4 is 15.7 Å². The van der Waals surface area contributed by atoms with Crippen LogP contribution in [0.3, 0.4) is 0 Å². The Morgan fingerprint density at radius 2 is 1.95 bits per heavy atom. The van der Waals surface area contributed by atoms with Gasteiger partial charge in [-0.05, 0) is 31.9 Å². The number of hydrogen-bond donors (Lipinski definition) is 1. The molecule has 0 bridgehead atoms. The fourth-order valence-electron chi connectivity index (χ4n) is 1.94. The number of anilines is 1. The minimum absolute atomic E-state index is 0.185. The number of nitrogens with zero attached hydrogens (tertiary/aromatic N) is 2. The standard InChI is InChI=1S/C14H21N3O2S/c1-4-13(9-15)20(18,19)17(11(2)3)10-12-7-5-6-8-14(12)16/h5-8,11,13H,4,10,16H2,1-3H3. The van der Waals surface area contributed by atoms with Crippen molar-refractivity contribution in [1.29, 1.82) is 5.26 Å². The Kier molecular flexibility index (Phi) is 5.54. The predicted octanol–water partition coefficient (Wildman–Crippen LogP) is 2.11. The molecular formula is C14H21N3O2S. The maximum Gasteiger partial charge on any atom is 0.231 e. The molecule has 0 radical (unpaired) electrons. The van der Waals surface area contributed by atoms with Crippen LogP contribution in [-0.2, 0) is 16.6 Å². The summed E-state index contributed by atoms with van der Waals surface area (Å²) in [6, 6.07) is 8.79. The number of sulfonamides is 1. The maximum atomic E-state index is 12.5. The van der Waals surface area contributed by atoms with Gasteiger partial charge in [-0.1, -0.05) is 25.1 Å². The van der Waals surface area contributed by atoms with Gasteiger partial charge < -0.3 is 5.73 Å². The highest BCUT2D eigenvalue weighted by Gasteiger charge is 2.33. The summed E-state index contributed by atoms with van der Waals surface area (Å²) < 4.78 is 26.4. The van der Waals surface area contributed by atoms with Gasteiger partial charge in [0.15, 0.2) is 5.25 Å². The van der Waals surface area contributed by atoms with Gasteiger partial charge in [-0.2, -0.15) is 9.57 Å². The van der Waals surface area contributed by atoms with Crippen LogP contribution in [0.4, 0.5) is 5.69 Å². The van der Waals surface area contributed by atoms with E-state index in [9.17, 15) is 8.42 Å². The fraction of sp³-hybridized carbons (Fsp3) is 0.500. The number of nitrogens with two attached hydrogens (primary N) is 1. The molecule has 0 saturated carbocycles. The molecule has 0 heterocycles. The second kappa shape index (κ2) is 6.73. The van der Waals surface area contributed by atoms with E-state index >= 15 is 0 Å². The number of nitrogen functional groups attached to an aromatic ring is 1. The van der Waals surface area contributed by atoms with Gasteiger partial charge >= 0.3 is 0 Å². The number of nitriles is 1. The van der Waals surface area contributed by atoms with E-state index in [0.717, 1.165) is 5.56 Å². The van der Waals surface area contributed by atoms with Crippen molar-refractivity contribution in [2.24, 2.45) is 0 Å². The van der Waals surface area contributed by atoms with E-state index in [-0.39, 0.29) is 19.0 Å². The first-order chi connectivity index (χ1) is 9.34. The minimum atomic E-state index is -3.66. The van der Waals surface area contributed by atoms with Crippen LogP contribution >= 0.6 is 0 Å². The van der Waals surface area contributed by atoms with Gasteiger partial charge in [-0.15, -0.1) is 0 Å². The zero-order valence-corrected chi connectivity index (χ0v) is 12.9. The zero-order chi connectivity index (χ0) is 15.3. The lowest BCUT2D eigenvalue weighted by molar-refractivity contribution is 0.345. The minimum Gasteiger partial charge on any atom is -0.398 e. The molecule has 1 aromatic carbocycles. The lowest BCUT2D eigenvalue weighted by atomic mass is 10.2. The first kappa shape index (κ1) is 16.5.